The number of methoxy groups -OCH3 is 1. The van der Waals surface area contributed by atoms with E-state index in [2.05, 4.69) is 10.6 Å². The molecule has 7 nitrogen and oxygen atoms in total. The summed E-state index contributed by atoms with van der Waals surface area (Å²) in [7, 11) is 1.57. The first-order valence-electron chi connectivity index (χ1n) is 7.70. The second-order valence-electron chi connectivity index (χ2n) is 5.37. The average molecular weight is 343 g/mol. The van der Waals surface area contributed by atoms with Crippen molar-refractivity contribution in [3.63, 3.8) is 0 Å². The van der Waals surface area contributed by atoms with Crippen LogP contribution < -0.4 is 25.8 Å². The molecule has 25 heavy (non-hydrogen) atoms. The maximum absolute atomic E-state index is 12.3. The third-order valence-corrected chi connectivity index (χ3v) is 3.33. The summed E-state index contributed by atoms with van der Waals surface area (Å²) in [6.45, 7) is 1.54. The van der Waals surface area contributed by atoms with Gasteiger partial charge < -0.3 is 25.8 Å². The van der Waals surface area contributed by atoms with Gasteiger partial charge in [0, 0.05) is 23.5 Å². The number of nitrogens with one attached hydrogen (secondary N) is 2. The fourth-order valence-corrected chi connectivity index (χ4v) is 2.10. The van der Waals surface area contributed by atoms with Gasteiger partial charge in [0.25, 0.3) is 5.91 Å². The molecule has 0 aliphatic carbocycles. The summed E-state index contributed by atoms with van der Waals surface area (Å²) < 4.78 is 10.4. The predicted octanol–water partition coefficient (Wildman–Crippen LogP) is 2.00. The van der Waals surface area contributed by atoms with Crippen molar-refractivity contribution in [2.45, 2.75) is 13.0 Å². The molecule has 2 amide bonds. The molecule has 132 valence electrons. The summed E-state index contributed by atoms with van der Waals surface area (Å²) in [4.78, 5) is 23.1. The summed E-state index contributed by atoms with van der Waals surface area (Å²) in [6, 6.07) is 13.6. The van der Waals surface area contributed by atoms with Gasteiger partial charge in [-0.25, -0.2) is 0 Å². The SMILES string of the molecule is COc1cccc(NC(=O)[C@@H](C)Nc2cccc(OCC(N)=O)c2)c1. The number of anilines is 2. The van der Waals surface area contributed by atoms with Crippen molar-refractivity contribution in [3.8, 4) is 11.5 Å². The third-order valence-electron chi connectivity index (χ3n) is 3.33. The van der Waals surface area contributed by atoms with E-state index in [0.29, 0.717) is 22.9 Å². The number of nitrogens with two attached hydrogens (primary N) is 1. The summed E-state index contributed by atoms with van der Waals surface area (Å²) in [5.74, 6) is 0.406. The van der Waals surface area contributed by atoms with Crippen molar-refractivity contribution in [1.82, 2.24) is 0 Å². The number of amides is 2. The molecule has 0 spiro atoms. The van der Waals surface area contributed by atoms with E-state index in [0.717, 1.165) is 0 Å². The van der Waals surface area contributed by atoms with Crippen LogP contribution in [0.3, 0.4) is 0 Å². The molecule has 0 aliphatic heterocycles. The second kappa shape index (κ2) is 8.58. The minimum absolute atomic E-state index is 0.197. The van der Waals surface area contributed by atoms with Crippen LogP contribution in [-0.4, -0.2) is 31.6 Å². The Kier molecular flexibility index (Phi) is 6.22. The van der Waals surface area contributed by atoms with E-state index in [-0.39, 0.29) is 12.5 Å². The van der Waals surface area contributed by atoms with Gasteiger partial charge in [0.05, 0.1) is 7.11 Å². The first kappa shape index (κ1) is 18.1. The molecule has 0 aromatic heterocycles. The topological polar surface area (TPSA) is 103 Å². The van der Waals surface area contributed by atoms with Gasteiger partial charge >= 0.3 is 0 Å². The van der Waals surface area contributed by atoms with Crippen LogP contribution in [0.15, 0.2) is 48.5 Å². The van der Waals surface area contributed by atoms with E-state index in [1.165, 1.54) is 0 Å². The molecule has 1 atom stereocenters. The molecule has 2 rings (SSSR count). The smallest absolute Gasteiger partial charge is 0.255 e. The zero-order chi connectivity index (χ0) is 18.2. The van der Waals surface area contributed by atoms with Gasteiger partial charge in [0.1, 0.15) is 17.5 Å². The molecule has 0 fully saturated rings. The van der Waals surface area contributed by atoms with Crippen molar-refractivity contribution in [2.24, 2.45) is 5.73 Å². The molecule has 0 radical (unpaired) electrons. The molecule has 0 aliphatic rings. The van der Waals surface area contributed by atoms with Crippen molar-refractivity contribution in [3.05, 3.63) is 48.5 Å². The van der Waals surface area contributed by atoms with Crippen LogP contribution in [0.4, 0.5) is 11.4 Å². The summed E-state index contributed by atoms with van der Waals surface area (Å²) in [6.07, 6.45) is 0. The molecule has 2 aromatic rings. The molecule has 4 N–H and O–H groups in total. The highest BCUT2D eigenvalue weighted by molar-refractivity contribution is 5.96. The molecular formula is C18H21N3O4. The maximum Gasteiger partial charge on any atom is 0.255 e. The summed E-state index contributed by atoms with van der Waals surface area (Å²) in [5, 5.41) is 5.90. The minimum atomic E-state index is -0.551. The molecule has 0 bridgehead atoms. The van der Waals surface area contributed by atoms with E-state index in [1.807, 2.05) is 0 Å². The zero-order valence-corrected chi connectivity index (χ0v) is 14.1. The lowest BCUT2D eigenvalue weighted by Gasteiger charge is -2.16. The lowest BCUT2D eigenvalue weighted by Crippen LogP contribution is -2.31. The van der Waals surface area contributed by atoms with E-state index in [9.17, 15) is 9.59 Å². The number of hydrogen-bond donors (Lipinski definition) is 3. The number of primary amides is 1. The van der Waals surface area contributed by atoms with Crippen molar-refractivity contribution in [2.75, 3.05) is 24.4 Å². The zero-order valence-electron chi connectivity index (χ0n) is 14.1. The van der Waals surface area contributed by atoms with Gasteiger partial charge in [-0.3, -0.25) is 9.59 Å². The number of hydrogen-bond acceptors (Lipinski definition) is 5. The maximum atomic E-state index is 12.3. The van der Waals surface area contributed by atoms with E-state index in [1.54, 1.807) is 62.6 Å². The van der Waals surface area contributed by atoms with Crippen LogP contribution in [0.25, 0.3) is 0 Å². The van der Waals surface area contributed by atoms with Gasteiger partial charge in [-0.1, -0.05) is 12.1 Å². The van der Waals surface area contributed by atoms with E-state index in [4.69, 9.17) is 15.2 Å². The Morgan fingerprint density at radius 2 is 1.72 bits per heavy atom. The Balaban J connectivity index is 1.96. The number of benzene rings is 2. The molecular weight excluding hydrogens is 322 g/mol. The Labute approximate surface area is 146 Å². The number of ether oxygens (including phenoxy) is 2. The quantitative estimate of drug-likeness (QED) is 0.680. The molecule has 0 heterocycles. The van der Waals surface area contributed by atoms with Crippen LogP contribution >= 0.6 is 0 Å². The lowest BCUT2D eigenvalue weighted by molar-refractivity contribution is -0.120. The number of carbonyl (C=O) groups excluding carboxylic acids is 2. The standard InChI is InChI=1S/C18H21N3O4/c1-12(18(23)21-14-6-3-7-15(9-14)24-2)20-13-5-4-8-16(10-13)25-11-17(19)22/h3-10,12,20H,11H2,1-2H3,(H2,19,22)(H,21,23)/t12-/m1/s1. The lowest BCUT2D eigenvalue weighted by atomic mass is 10.2. The highest BCUT2D eigenvalue weighted by atomic mass is 16.5. The normalized spacial score (nSPS) is 11.3. The Morgan fingerprint density at radius 3 is 2.40 bits per heavy atom. The Hall–Kier alpha value is -3.22. The van der Waals surface area contributed by atoms with Gasteiger partial charge in [-0.05, 0) is 31.2 Å². The van der Waals surface area contributed by atoms with Crippen LogP contribution in [0.1, 0.15) is 6.92 Å². The molecule has 2 aromatic carbocycles. The van der Waals surface area contributed by atoms with Gasteiger partial charge in [-0.15, -0.1) is 0 Å². The average Bonchev–Trinajstić information content (AvgIpc) is 2.60. The fraction of sp³-hybridized carbons (Fsp3) is 0.222. The van der Waals surface area contributed by atoms with Crippen LogP contribution in [0.2, 0.25) is 0 Å². The predicted molar refractivity (Wildman–Crippen MR) is 95.8 cm³/mol. The van der Waals surface area contributed by atoms with E-state index >= 15 is 0 Å². The van der Waals surface area contributed by atoms with Gasteiger partial charge in [0.2, 0.25) is 5.91 Å². The fourth-order valence-electron chi connectivity index (χ4n) is 2.10. The molecule has 7 heteroatoms. The van der Waals surface area contributed by atoms with Crippen molar-refractivity contribution < 1.29 is 19.1 Å². The van der Waals surface area contributed by atoms with Crippen molar-refractivity contribution >= 4 is 23.2 Å². The van der Waals surface area contributed by atoms with Gasteiger partial charge in [-0.2, -0.15) is 0 Å². The van der Waals surface area contributed by atoms with Crippen LogP contribution in [0, 0.1) is 0 Å². The van der Waals surface area contributed by atoms with Crippen LogP contribution in [0.5, 0.6) is 11.5 Å². The summed E-state index contributed by atoms with van der Waals surface area (Å²) in [5.41, 5.74) is 6.39. The number of rotatable bonds is 8. The highest BCUT2D eigenvalue weighted by Crippen LogP contribution is 2.19. The second-order valence-corrected chi connectivity index (χ2v) is 5.37. The van der Waals surface area contributed by atoms with Crippen LogP contribution in [-0.2, 0) is 9.59 Å². The first-order chi connectivity index (χ1) is 12.0. The third kappa shape index (κ3) is 5.72. The largest absolute Gasteiger partial charge is 0.497 e. The van der Waals surface area contributed by atoms with E-state index < -0.39 is 11.9 Å². The molecule has 0 unspecified atom stereocenters. The minimum Gasteiger partial charge on any atom is -0.497 e. The first-order valence-corrected chi connectivity index (χ1v) is 7.70. The Morgan fingerprint density at radius 1 is 1.08 bits per heavy atom. The monoisotopic (exact) mass is 343 g/mol. The molecule has 0 saturated heterocycles. The highest BCUT2D eigenvalue weighted by Gasteiger charge is 2.13. The Bertz CT molecular complexity index is 749. The number of carbonyl (C=O) groups is 2. The van der Waals surface area contributed by atoms with Gasteiger partial charge in [0.15, 0.2) is 6.61 Å². The summed E-state index contributed by atoms with van der Waals surface area (Å²) >= 11 is 0. The van der Waals surface area contributed by atoms with Crippen molar-refractivity contribution in [1.29, 1.82) is 0 Å². The molecule has 0 saturated carbocycles.